The average Bonchev–Trinajstić information content (AvgIpc) is 3.12. The molecule has 1 saturated heterocycles. The van der Waals surface area contributed by atoms with Gasteiger partial charge >= 0.3 is 0 Å². The predicted molar refractivity (Wildman–Crippen MR) is 116 cm³/mol. The standard InChI is InChI=1S/C21H28N2O5S2/c1-22(30(27,28)16-17-8-10-20(11-9-17)29(2,25)26)15-21(18-6-4-3-5-7-18)23-13-12-19(24)14-23/h3-11,19,21,24H,12-16H2,1-2H3/t19-,21-/m0/s1. The molecule has 0 unspecified atom stereocenters. The number of aliphatic hydroxyl groups is 1. The molecule has 1 heterocycles. The third kappa shape index (κ3) is 5.67. The second-order valence-electron chi connectivity index (χ2n) is 7.82. The van der Waals surface area contributed by atoms with Gasteiger partial charge in [-0.2, -0.15) is 0 Å². The zero-order valence-electron chi connectivity index (χ0n) is 17.2. The van der Waals surface area contributed by atoms with Crippen molar-refractivity contribution in [1.82, 2.24) is 9.21 Å². The van der Waals surface area contributed by atoms with Crippen LogP contribution in [0.25, 0.3) is 0 Å². The van der Waals surface area contributed by atoms with Gasteiger partial charge in [-0.15, -0.1) is 0 Å². The third-order valence-electron chi connectivity index (χ3n) is 5.43. The molecular weight excluding hydrogens is 424 g/mol. The maximum absolute atomic E-state index is 13.0. The molecule has 3 rings (SSSR count). The van der Waals surface area contributed by atoms with Gasteiger partial charge in [-0.3, -0.25) is 4.90 Å². The molecule has 7 nitrogen and oxygen atoms in total. The lowest BCUT2D eigenvalue weighted by molar-refractivity contribution is 0.152. The summed E-state index contributed by atoms with van der Waals surface area (Å²) in [6.07, 6.45) is 1.39. The van der Waals surface area contributed by atoms with E-state index in [1.54, 1.807) is 7.05 Å². The molecule has 0 radical (unpaired) electrons. The molecular formula is C21H28N2O5S2. The number of sulfone groups is 1. The summed E-state index contributed by atoms with van der Waals surface area (Å²) in [5, 5.41) is 9.95. The van der Waals surface area contributed by atoms with Gasteiger partial charge in [0.1, 0.15) is 0 Å². The van der Waals surface area contributed by atoms with E-state index in [0.717, 1.165) is 11.8 Å². The van der Waals surface area contributed by atoms with E-state index in [-0.39, 0.29) is 23.2 Å². The molecule has 0 bridgehead atoms. The fraction of sp³-hybridized carbons (Fsp3) is 0.429. The fourth-order valence-corrected chi connectivity index (χ4v) is 5.50. The summed E-state index contributed by atoms with van der Waals surface area (Å²) in [5.74, 6) is -0.211. The highest BCUT2D eigenvalue weighted by Gasteiger charge is 2.31. The molecule has 0 aliphatic carbocycles. The Hall–Kier alpha value is -1.78. The SMILES string of the molecule is CN(C[C@@H](c1ccccc1)N1CC[C@H](O)C1)S(=O)(=O)Cc1ccc(S(C)(=O)=O)cc1. The van der Waals surface area contributed by atoms with E-state index < -0.39 is 26.0 Å². The van der Waals surface area contributed by atoms with Crippen LogP contribution in [0.4, 0.5) is 0 Å². The molecule has 1 fully saturated rings. The lowest BCUT2D eigenvalue weighted by Gasteiger charge is -2.31. The number of β-amino-alcohol motifs (C(OH)–C–C–N with tert-alkyl or cyclic N) is 1. The lowest BCUT2D eigenvalue weighted by atomic mass is 10.1. The van der Waals surface area contributed by atoms with Crippen molar-refractivity contribution in [2.45, 2.75) is 29.2 Å². The quantitative estimate of drug-likeness (QED) is 0.655. The molecule has 30 heavy (non-hydrogen) atoms. The minimum atomic E-state index is -3.61. The molecule has 0 aromatic heterocycles. The van der Waals surface area contributed by atoms with Crippen molar-refractivity contribution in [3.63, 3.8) is 0 Å². The number of likely N-dealkylation sites (tertiary alicyclic amines) is 1. The van der Waals surface area contributed by atoms with Crippen LogP contribution in [0.2, 0.25) is 0 Å². The van der Waals surface area contributed by atoms with Crippen molar-refractivity contribution in [3.8, 4) is 0 Å². The van der Waals surface area contributed by atoms with Crippen LogP contribution in [0, 0.1) is 0 Å². The van der Waals surface area contributed by atoms with Gasteiger partial charge < -0.3 is 5.11 Å². The van der Waals surface area contributed by atoms with Crippen LogP contribution in [-0.4, -0.2) is 70.2 Å². The van der Waals surface area contributed by atoms with E-state index in [1.165, 1.54) is 28.6 Å². The van der Waals surface area contributed by atoms with Crippen molar-refractivity contribution < 1.29 is 21.9 Å². The van der Waals surface area contributed by atoms with Gasteiger partial charge in [-0.1, -0.05) is 42.5 Å². The maximum atomic E-state index is 13.0. The molecule has 0 saturated carbocycles. The summed E-state index contributed by atoms with van der Waals surface area (Å²) in [5.41, 5.74) is 1.54. The smallest absolute Gasteiger partial charge is 0.218 e. The van der Waals surface area contributed by atoms with Crippen LogP contribution < -0.4 is 0 Å². The first-order chi connectivity index (χ1) is 14.1. The molecule has 164 valence electrons. The summed E-state index contributed by atoms with van der Waals surface area (Å²) >= 11 is 0. The van der Waals surface area contributed by atoms with Gasteiger partial charge in [0, 0.05) is 39.0 Å². The molecule has 0 amide bonds. The van der Waals surface area contributed by atoms with Gasteiger partial charge in [0.25, 0.3) is 0 Å². The fourth-order valence-electron chi connectivity index (χ4n) is 3.67. The van der Waals surface area contributed by atoms with Crippen LogP contribution in [-0.2, 0) is 25.6 Å². The highest BCUT2D eigenvalue weighted by atomic mass is 32.2. The molecule has 9 heteroatoms. The van der Waals surface area contributed by atoms with E-state index in [0.29, 0.717) is 25.1 Å². The first-order valence-corrected chi connectivity index (χ1v) is 13.3. The van der Waals surface area contributed by atoms with Gasteiger partial charge in [0.2, 0.25) is 10.0 Å². The monoisotopic (exact) mass is 452 g/mol. The van der Waals surface area contributed by atoms with Gasteiger partial charge in [0.15, 0.2) is 9.84 Å². The largest absolute Gasteiger partial charge is 0.392 e. The lowest BCUT2D eigenvalue weighted by Crippen LogP contribution is -2.39. The molecule has 2 aromatic rings. The highest BCUT2D eigenvalue weighted by Crippen LogP contribution is 2.27. The van der Waals surface area contributed by atoms with Crippen molar-refractivity contribution in [2.24, 2.45) is 0 Å². The Morgan fingerprint density at radius 3 is 2.23 bits per heavy atom. The van der Waals surface area contributed by atoms with Gasteiger partial charge in [0.05, 0.1) is 16.8 Å². The zero-order chi connectivity index (χ0) is 21.9. The predicted octanol–water partition coefficient (Wildman–Crippen LogP) is 1.66. The zero-order valence-corrected chi connectivity index (χ0v) is 18.8. The summed E-state index contributed by atoms with van der Waals surface area (Å²) < 4.78 is 50.5. The Kier molecular flexibility index (Phi) is 6.98. The van der Waals surface area contributed by atoms with E-state index in [9.17, 15) is 21.9 Å². The summed E-state index contributed by atoms with van der Waals surface area (Å²) in [6.45, 7) is 1.49. The molecule has 2 aromatic carbocycles. The second kappa shape index (κ2) is 9.15. The number of nitrogens with zero attached hydrogens (tertiary/aromatic N) is 2. The highest BCUT2D eigenvalue weighted by molar-refractivity contribution is 7.90. The van der Waals surface area contributed by atoms with E-state index in [1.807, 2.05) is 30.3 Å². The van der Waals surface area contributed by atoms with E-state index in [2.05, 4.69) is 4.90 Å². The normalized spacial score (nSPS) is 19.3. The van der Waals surface area contributed by atoms with E-state index in [4.69, 9.17) is 0 Å². The number of hydrogen-bond acceptors (Lipinski definition) is 6. The van der Waals surface area contributed by atoms with Crippen LogP contribution in [0.1, 0.15) is 23.6 Å². The number of benzene rings is 2. The molecule has 1 N–H and O–H groups in total. The molecule has 1 aliphatic heterocycles. The molecule has 0 spiro atoms. The van der Waals surface area contributed by atoms with Crippen molar-refractivity contribution in [3.05, 3.63) is 65.7 Å². The van der Waals surface area contributed by atoms with E-state index >= 15 is 0 Å². The average molecular weight is 453 g/mol. The first kappa shape index (κ1) is 22.9. The first-order valence-electron chi connectivity index (χ1n) is 9.76. The summed E-state index contributed by atoms with van der Waals surface area (Å²) in [6, 6.07) is 15.5. The number of aliphatic hydroxyl groups excluding tert-OH is 1. The topological polar surface area (TPSA) is 95.0 Å². The summed E-state index contributed by atoms with van der Waals surface area (Å²) in [4.78, 5) is 2.28. The number of sulfonamides is 1. The van der Waals surface area contributed by atoms with Gasteiger partial charge in [-0.25, -0.2) is 21.1 Å². The van der Waals surface area contributed by atoms with Gasteiger partial charge in [-0.05, 0) is 29.7 Å². The van der Waals surface area contributed by atoms with Crippen molar-refractivity contribution in [1.29, 1.82) is 0 Å². The molecule has 2 atom stereocenters. The maximum Gasteiger partial charge on any atom is 0.218 e. The van der Waals surface area contributed by atoms with Crippen molar-refractivity contribution in [2.75, 3.05) is 32.9 Å². The number of hydrogen-bond donors (Lipinski definition) is 1. The Morgan fingerprint density at radius 2 is 1.70 bits per heavy atom. The third-order valence-corrected chi connectivity index (χ3v) is 8.35. The minimum Gasteiger partial charge on any atom is -0.392 e. The minimum absolute atomic E-state index is 0.157. The van der Waals surface area contributed by atoms with Crippen molar-refractivity contribution >= 4 is 19.9 Å². The second-order valence-corrected chi connectivity index (χ2v) is 11.9. The summed E-state index contributed by atoms with van der Waals surface area (Å²) in [7, 11) is -5.38. The van der Waals surface area contributed by atoms with Crippen LogP contribution in [0.3, 0.4) is 0 Å². The van der Waals surface area contributed by atoms with Crippen LogP contribution >= 0.6 is 0 Å². The van der Waals surface area contributed by atoms with Crippen LogP contribution in [0.5, 0.6) is 0 Å². The molecule has 1 aliphatic rings. The number of rotatable bonds is 8. The Morgan fingerprint density at radius 1 is 1.07 bits per heavy atom. The number of likely N-dealkylation sites (N-methyl/N-ethyl adjacent to an activating group) is 1. The Labute approximate surface area is 178 Å². The van der Waals surface area contributed by atoms with Crippen LogP contribution in [0.15, 0.2) is 59.5 Å². The Bertz CT molecular complexity index is 1050. The Balaban J connectivity index is 1.76.